The van der Waals surface area contributed by atoms with Gasteiger partial charge in [0.15, 0.2) is 11.5 Å². The molecule has 6 heteroatoms. The summed E-state index contributed by atoms with van der Waals surface area (Å²) in [6, 6.07) is 0. The molecule has 0 bridgehead atoms. The summed E-state index contributed by atoms with van der Waals surface area (Å²) in [6.07, 6.45) is 2.05. The molecule has 1 unspecified atom stereocenters. The van der Waals surface area contributed by atoms with Crippen molar-refractivity contribution in [1.29, 1.82) is 0 Å². The minimum atomic E-state index is -0.864. The predicted octanol–water partition coefficient (Wildman–Crippen LogP) is -0.413. The van der Waals surface area contributed by atoms with Gasteiger partial charge in [0.2, 0.25) is 0 Å². The number of nitrogens with one attached hydrogen (secondary N) is 3. The SMILES string of the molecule is CCC1(N)NC(=O)c2nc[nH]c2N1. The molecule has 2 heterocycles. The van der Waals surface area contributed by atoms with Crippen LogP contribution in [-0.4, -0.2) is 21.7 Å². The second-order valence-corrected chi connectivity index (χ2v) is 3.03. The fourth-order valence-corrected chi connectivity index (χ4v) is 1.25. The molecule has 6 nitrogen and oxygen atoms in total. The van der Waals surface area contributed by atoms with E-state index in [9.17, 15) is 4.79 Å². The lowest BCUT2D eigenvalue weighted by Gasteiger charge is -2.34. The first-order valence-corrected chi connectivity index (χ1v) is 4.07. The number of hydrogen-bond acceptors (Lipinski definition) is 4. The van der Waals surface area contributed by atoms with Crippen molar-refractivity contribution in [3.8, 4) is 0 Å². The number of carbonyl (C=O) groups is 1. The van der Waals surface area contributed by atoms with Crippen LogP contribution in [0.2, 0.25) is 0 Å². The van der Waals surface area contributed by atoms with Crippen LogP contribution < -0.4 is 16.4 Å². The first-order chi connectivity index (χ1) is 6.14. The van der Waals surface area contributed by atoms with Gasteiger partial charge in [-0.1, -0.05) is 6.92 Å². The highest BCUT2D eigenvalue weighted by molar-refractivity contribution is 5.99. The maximum atomic E-state index is 11.4. The molecule has 1 atom stereocenters. The van der Waals surface area contributed by atoms with Gasteiger partial charge in [0.25, 0.3) is 5.91 Å². The number of carbonyl (C=O) groups excluding carboxylic acids is 1. The lowest BCUT2D eigenvalue weighted by Crippen LogP contribution is -2.63. The smallest absolute Gasteiger partial charge is 0.276 e. The van der Waals surface area contributed by atoms with E-state index < -0.39 is 5.79 Å². The van der Waals surface area contributed by atoms with Crippen LogP contribution in [0, 0.1) is 0 Å². The molecule has 1 aliphatic rings. The van der Waals surface area contributed by atoms with Crippen LogP contribution in [0.4, 0.5) is 5.82 Å². The molecular formula is C7H11N5O. The molecule has 70 valence electrons. The Morgan fingerprint density at radius 2 is 2.38 bits per heavy atom. The molecule has 0 radical (unpaired) electrons. The van der Waals surface area contributed by atoms with Gasteiger partial charge in [0.1, 0.15) is 5.82 Å². The predicted molar refractivity (Wildman–Crippen MR) is 46.9 cm³/mol. The lowest BCUT2D eigenvalue weighted by atomic mass is 10.2. The van der Waals surface area contributed by atoms with E-state index >= 15 is 0 Å². The van der Waals surface area contributed by atoms with Gasteiger partial charge in [-0.25, -0.2) is 4.98 Å². The zero-order valence-corrected chi connectivity index (χ0v) is 7.22. The van der Waals surface area contributed by atoms with Crippen LogP contribution in [0.5, 0.6) is 0 Å². The highest BCUT2D eigenvalue weighted by Crippen LogP contribution is 2.19. The number of aromatic amines is 1. The van der Waals surface area contributed by atoms with Crippen molar-refractivity contribution in [1.82, 2.24) is 15.3 Å². The second kappa shape index (κ2) is 2.46. The van der Waals surface area contributed by atoms with Crippen molar-refractivity contribution in [2.24, 2.45) is 5.73 Å². The fourth-order valence-electron chi connectivity index (χ4n) is 1.25. The molecule has 5 N–H and O–H groups in total. The summed E-state index contributed by atoms with van der Waals surface area (Å²) >= 11 is 0. The number of H-pyrrole nitrogens is 1. The Morgan fingerprint density at radius 3 is 3.08 bits per heavy atom. The maximum Gasteiger partial charge on any atom is 0.276 e. The summed E-state index contributed by atoms with van der Waals surface area (Å²) in [5.74, 6) is -0.538. The number of aromatic nitrogens is 2. The van der Waals surface area contributed by atoms with Gasteiger partial charge in [-0.15, -0.1) is 0 Å². The third-order valence-corrected chi connectivity index (χ3v) is 2.10. The van der Waals surface area contributed by atoms with Crippen LogP contribution in [0.25, 0.3) is 0 Å². The van der Waals surface area contributed by atoms with E-state index in [-0.39, 0.29) is 5.91 Å². The Morgan fingerprint density at radius 1 is 1.62 bits per heavy atom. The largest absolute Gasteiger partial charge is 0.335 e. The Hall–Kier alpha value is -1.56. The molecule has 0 fully saturated rings. The number of hydrogen-bond donors (Lipinski definition) is 4. The van der Waals surface area contributed by atoms with E-state index in [1.807, 2.05) is 6.92 Å². The van der Waals surface area contributed by atoms with Crippen LogP contribution in [-0.2, 0) is 0 Å². The summed E-state index contributed by atoms with van der Waals surface area (Å²) in [6.45, 7) is 1.88. The number of anilines is 1. The summed E-state index contributed by atoms with van der Waals surface area (Å²) in [5, 5.41) is 5.59. The van der Waals surface area contributed by atoms with Crippen LogP contribution in [0.3, 0.4) is 0 Å². The van der Waals surface area contributed by atoms with Crippen LogP contribution in [0.1, 0.15) is 23.8 Å². The Balaban J connectivity index is 2.39. The van der Waals surface area contributed by atoms with E-state index in [0.29, 0.717) is 17.9 Å². The summed E-state index contributed by atoms with van der Waals surface area (Å²) in [5.41, 5.74) is 6.19. The standard InChI is InChI=1S/C7H11N5O/c1-2-7(8)11-5-4(6(13)12-7)9-3-10-5/h3,11H,2,8H2,1H3,(H,9,10)(H,12,13). The number of imidazole rings is 1. The molecule has 0 saturated heterocycles. The molecule has 13 heavy (non-hydrogen) atoms. The lowest BCUT2D eigenvalue weighted by molar-refractivity contribution is 0.0895. The third-order valence-electron chi connectivity index (χ3n) is 2.10. The Kier molecular flexibility index (Phi) is 1.53. The zero-order valence-electron chi connectivity index (χ0n) is 7.22. The van der Waals surface area contributed by atoms with Gasteiger partial charge >= 0.3 is 0 Å². The Labute approximate surface area is 74.9 Å². The number of rotatable bonds is 1. The highest BCUT2D eigenvalue weighted by Gasteiger charge is 2.33. The number of nitrogens with zero attached hydrogens (tertiary/aromatic N) is 1. The summed E-state index contributed by atoms with van der Waals surface area (Å²) in [4.78, 5) is 18.1. The van der Waals surface area contributed by atoms with E-state index in [2.05, 4.69) is 20.6 Å². The maximum absolute atomic E-state index is 11.4. The van der Waals surface area contributed by atoms with E-state index in [1.54, 1.807) is 0 Å². The van der Waals surface area contributed by atoms with Gasteiger partial charge < -0.3 is 15.6 Å². The topological polar surface area (TPSA) is 95.8 Å². The molecule has 1 aliphatic heterocycles. The quantitative estimate of drug-likeness (QED) is 0.473. The monoisotopic (exact) mass is 181 g/mol. The van der Waals surface area contributed by atoms with Gasteiger partial charge in [0, 0.05) is 6.42 Å². The first-order valence-electron chi connectivity index (χ1n) is 4.07. The van der Waals surface area contributed by atoms with Crippen LogP contribution in [0.15, 0.2) is 6.33 Å². The number of amides is 1. The fraction of sp³-hybridized carbons (Fsp3) is 0.429. The average molecular weight is 181 g/mol. The van der Waals surface area contributed by atoms with Crippen molar-refractivity contribution in [3.05, 3.63) is 12.0 Å². The molecule has 1 aromatic heterocycles. The van der Waals surface area contributed by atoms with Gasteiger partial charge in [0.05, 0.1) is 6.33 Å². The molecule has 0 aromatic carbocycles. The average Bonchev–Trinajstić information content (AvgIpc) is 2.52. The van der Waals surface area contributed by atoms with Crippen molar-refractivity contribution in [2.45, 2.75) is 19.1 Å². The molecule has 0 aliphatic carbocycles. The molecule has 0 spiro atoms. The van der Waals surface area contributed by atoms with E-state index in [0.717, 1.165) is 0 Å². The second-order valence-electron chi connectivity index (χ2n) is 3.03. The molecule has 1 aromatic rings. The van der Waals surface area contributed by atoms with Crippen molar-refractivity contribution in [3.63, 3.8) is 0 Å². The van der Waals surface area contributed by atoms with Gasteiger partial charge in [-0.3, -0.25) is 10.5 Å². The van der Waals surface area contributed by atoms with E-state index in [4.69, 9.17) is 5.73 Å². The highest BCUT2D eigenvalue weighted by atomic mass is 16.2. The zero-order chi connectivity index (χ0) is 9.47. The Bertz CT molecular complexity index is 346. The van der Waals surface area contributed by atoms with Crippen molar-refractivity contribution in [2.75, 3.05) is 5.32 Å². The number of nitrogens with two attached hydrogens (primary N) is 1. The normalized spacial score (nSPS) is 26.2. The molecule has 0 saturated carbocycles. The number of fused-ring (bicyclic) bond motifs is 1. The van der Waals surface area contributed by atoms with Gasteiger partial charge in [-0.05, 0) is 0 Å². The van der Waals surface area contributed by atoms with Gasteiger partial charge in [-0.2, -0.15) is 0 Å². The third kappa shape index (κ3) is 1.15. The van der Waals surface area contributed by atoms with Crippen LogP contribution >= 0.6 is 0 Å². The minimum absolute atomic E-state index is 0.251. The molecule has 2 rings (SSSR count). The minimum Gasteiger partial charge on any atom is -0.335 e. The summed E-state index contributed by atoms with van der Waals surface area (Å²) in [7, 11) is 0. The first kappa shape index (κ1) is 8.06. The van der Waals surface area contributed by atoms with E-state index in [1.165, 1.54) is 6.33 Å². The summed E-state index contributed by atoms with van der Waals surface area (Å²) < 4.78 is 0. The molecule has 1 amide bonds. The molecular weight excluding hydrogens is 170 g/mol. The van der Waals surface area contributed by atoms with Crippen molar-refractivity contribution >= 4 is 11.7 Å². The van der Waals surface area contributed by atoms with Crippen molar-refractivity contribution < 1.29 is 4.79 Å².